The Labute approximate surface area is 335 Å². The minimum absolute atomic E-state index is 0.00367. The Morgan fingerprint density at radius 2 is 1.72 bits per heavy atom. The van der Waals surface area contributed by atoms with Crippen molar-refractivity contribution >= 4 is 41.1 Å². The molecule has 0 bridgehead atoms. The van der Waals surface area contributed by atoms with E-state index in [2.05, 4.69) is 43.0 Å². The first-order chi connectivity index (χ1) is 28.1. The van der Waals surface area contributed by atoms with Gasteiger partial charge in [0.05, 0.1) is 50.1 Å². The number of anilines is 1. The molecule has 0 radical (unpaired) electrons. The zero-order valence-electron chi connectivity index (χ0n) is 32.2. The maximum absolute atomic E-state index is 13.2. The van der Waals surface area contributed by atoms with E-state index in [9.17, 15) is 33.9 Å². The highest BCUT2D eigenvalue weighted by atomic mass is 16.5. The van der Waals surface area contributed by atoms with Gasteiger partial charge in [-0.1, -0.05) is 30.3 Å². The monoisotopic (exact) mass is 796 g/mol. The van der Waals surface area contributed by atoms with E-state index >= 15 is 0 Å². The van der Waals surface area contributed by atoms with E-state index in [1.54, 1.807) is 23.1 Å². The van der Waals surface area contributed by atoms with E-state index in [1.165, 1.54) is 23.5 Å². The Bertz CT molecular complexity index is 2040. The minimum atomic E-state index is -1.03. The van der Waals surface area contributed by atoms with Crippen molar-refractivity contribution in [3.05, 3.63) is 88.5 Å². The number of piperidine rings is 1. The fourth-order valence-electron chi connectivity index (χ4n) is 7.77. The molecule has 2 fully saturated rings. The van der Waals surface area contributed by atoms with Crippen LogP contribution in [0.3, 0.4) is 0 Å². The summed E-state index contributed by atoms with van der Waals surface area (Å²) in [6.07, 6.45) is 2.58. The predicted octanol–water partition coefficient (Wildman–Crippen LogP) is 0.563. The van der Waals surface area contributed by atoms with Gasteiger partial charge in [-0.25, -0.2) is 9.97 Å². The Kier molecular flexibility index (Phi) is 13.1. The molecule has 5 heterocycles. The molecule has 306 valence electrons. The molecule has 6 amide bonds. The number of fused-ring (bicyclic) bond motifs is 2. The van der Waals surface area contributed by atoms with Crippen LogP contribution >= 0.6 is 0 Å². The van der Waals surface area contributed by atoms with E-state index < -0.39 is 35.8 Å². The molecule has 1 aromatic heterocycles. The molecule has 4 N–H and O–H groups in total. The van der Waals surface area contributed by atoms with Crippen LogP contribution in [0.2, 0.25) is 0 Å². The summed E-state index contributed by atoms with van der Waals surface area (Å²) in [5.41, 5.74) is 4.40. The van der Waals surface area contributed by atoms with Crippen LogP contribution in [0.25, 0.3) is 0 Å². The lowest BCUT2D eigenvalue weighted by Gasteiger charge is -2.39. The number of hydrogen-bond donors (Lipinski definition) is 4. The van der Waals surface area contributed by atoms with Crippen molar-refractivity contribution in [3.8, 4) is 0 Å². The maximum atomic E-state index is 13.2. The zero-order chi connectivity index (χ0) is 40.6. The topological polar surface area (TPSA) is 213 Å². The Morgan fingerprint density at radius 3 is 2.53 bits per heavy atom. The summed E-state index contributed by atoms with van der Waals surface area (Å²) in [6.45, 7) is 4.87. The van der Waals surface area contributed by atoms with Gasteiger partial charge in [0.1, 0.15) is 18.1 Å². The van der Waals surface area contributed by atoms with Gasteiger partial charge in [0.2, 0.25) is 17.7 Å². The third-order valence-electron chi connectivity index (χ3n) is 10.8. The van der Waals surface area contributed by atoms with Crippen LogP contribution < -0.4 is 16.0 Å². The third-order valence-corrected chi connectivity index (χ3v) is 10.8. The number of carbonyl (C=O) groups is 6. The first-order valence-corrected chi connectivity index (χ1v) is 19.7. The lowest BCUT2D eigenvalue weighted by atomic mass is 9.94. The number of aromatic nitrogens is 2. The van der Waals surface area contributed by atoms with Crippen LogP contribution in [0.15, 0.2) is 54.9 Å². The van der Waals surface area contributed by atoms with Gasteiger partial charge in [-0.15, -0.1) is 0 Å². The molecule has 0 spiro atoms. The molecular weight excluding hydrogens is 748 g/mol. The van der Waals surface area contributed by atoms with Gasteiger partial charge in [0, 0.05) is 63.6 Å². The third kappa shape index (κ3) is 9.73. The molecular formula is C41H48N8O9. The molecule has 4 aliphatic heterocycles. The van der Waals surface area contributed by atoms with Crippen molar-refractivity contribution in [1.82, 2.24) is 35.3 Å². The van der Waals surface area contributed by atoms with E-state index in [0.717, 1.165) is 30.1 Å². The van der Waals surface area contributed by atoms with Crippen LogP contribution in [0.5, 0.6) is 0 Å². The van der Waals surface area contributed by atoms with Crippen molar-refractivity contribution in [1.29, 1.82) is 0 Å². The number of imide groups is 2. The minimum Gasteiger partial charge on any atom is -0.390 e. The Morgan fingerprint density at radius 1 is 0.931 bits per heavy atom. The number of benzene rings is 2. The quantitative estimate of drug-likeness (QED) is 0.103. The molecule has 4 aliphatic rings. The summed E-state index contributed by atoms with van der Waals surface area (Å²) in [7, 11) is 0. The molecule has 2 aromatic carbocycles. The molecule has 7 rings (SSSR count). The summed E-state index contributed by atoms with van der Waals surface area (Å²) in [6, 6.07) is 13.8. The van der Waals surface area contributed by atoms with Crippen LogP contribution in [0.1, 0.15) is 67.3 Å². The van der Waals surface area contributed by atoms with E-state index in [-0.39, 0.29) is 73.6 Å². The summed E-state index contributed by atoms with van der Waals surface area (Å²) in [4.78, 5) is 89.0. The first-order valence-electron chi connectivity index (χ1n) is 19.7. The van der Waals surface area contributed by atoms with Gasteiger partial charge in [0.15, 0.2) is 0 Å². The summed E-state index contributed by atoms with van der Waals surface area (Å²) in [5, 5.41) is 18.7. The van der Waals surface area contributed by atoms with Gasteiger partial charge in [0.25, 0.3) is 17.7 Å². The molecule has 3 aromatic rings. The highest BCUT2D eigenvalue weighted by Gasteiger charge is 2.45. The van der Waals surface area contributed by atoms with E-state index in [1.807, 2.05) is 12.1 Å². The highest BCUT2D eigenvalue weighted by Crippen LogP contribution is 2.32. The number of β-amino-alcohol motifs (C(OH)–C–C–N with tert-alkyl or cyclic N) is 1. The number of aliphatic hydroxyl groups excluding tert-OH is 1. The second-order valence-electron chi connectivity index (χ2n) is 15.0. The molecule has 1 unspecified atom stereocenters. The molecule has 2 atom stereocenters. The van der Waals surface area contributed by atoms with Crippen LogP contribution in [-0.2, 0) is 43.2 Å². The lowest BCUT2D eigenvalue weighted by molar-refractivity contribution is -0.139. The molecule has 17 heteroatoms. The second kappa shape index (κ2) is 18.8. The fourth-order valence-corrected chi connectivity index (χ4v) is 7.77. The number of carbonyl (C=O) groups excluding carboxylic acids is 6. The summed E-state index contributed by atoms with van der Waals surface area (Å²) < 4.78 is 11.2. The number of ether oxygens (including phenoxy) is 2. The largest absolute Gasteiger partial charge is 0.390 e. The standard InChI is InChI=1S/C41H48N8O9/c50-30(24-47-13-10-27-4-1-2-5-28(27)23-47)20-43-38(53)33-19-29(44-25-45-33)18-26-21-48(22-26)36(52)11-14-57-16-17-58-15-12-42-32-7-3-6-31-37(32)41(56)49(40(31)55)34-8-9-35(51)46-39(34)54/h1-7,19,25-26,30,34,42,50H,8-18,20-24H2,(H,43,53)(H,46,51,54)/t30-,34?/m0/s1. The number of amides is 6. The Hall–Kier alpha value is -5.62. The maximum Gasteiger partial charge on any atom is 0.270 e. The molecule has 58 heavy (non-hydrogen) atoms. The van der Waals surface area contributed by atoms with Crippen LogP contribution in [0, 0.1) is 5.92 Å². The normalized spacial score (nSPS) is 18.7. The van der Waals surface area contributed by atoms with Gasteiger partial charge < -0.3 is 30.1 Å². The van der Waals surface area contributed by atoms with Gasteiger partial charge >= 0.3 is 0 Å². The average Bonchev–Trinajstić information content (AvgIpc) is 3.46. The van der Waals surface area contributed by atoms with E-state index in [4.69, 9.17) is 9.47 Å². The summed E-state index contributed by atoms with van der Waals surface area (Å²) in [5.74, 6) is -2.39. The van der Waals surface area contributed by atoms with Crippen molar-refractivity contribution in [3.63, 3.8) is 0 Å². The van der Waals surface area contributed by atoms with Crippen molar-refractivity contribution < 1.29 is 43.3 Å². The second-order valence-corrected chi connectivity index (χ2v) is 15.0. The van der Waals surface area contributed by atoms with Crippen molar-refractivity contribution in [2.45, 2.75) is 50.8 Å². The molecule has 0 saturated carbocycles. The van der Waals surface area contributed by atoms with Gasteiger partial charge in [-0.2, -0.15) is 0 Å². The number of nitrogens with one attached hydrogen (secondary N) is 3. The van der Waals surface area contributed by atoms with Crippen LogP contribution in [0.4, 0.5) is 5.69 Å². The van der Waals surface area contributed by atoms with Gasteiger partial charge in [-0.3, -0.25) is 43.9 Å². The van der Waals surface area contributed by atoms with Crippen molar-refractivity contribution in [2.24, 2.45) is 5.92 Å². The summed E-state index contributed by atoms with van der Waals surface area (Å²) >= 11 is 0. The lowest BCUT2D eigenvalue weighted by Crippen LogP contribution is -2.54. The number of nitrogens with zero attached hydrogens (tertiary/aromatic N) is 5. The van der Waals surface area contributed by atoms with E-state index in [0.29, 0.717) is 51.5 Å². The molecule has 2 saturated heterocycles. The van der Waals surface area contributed by atoms with Crippen molar-refractivity contribution in [2.75, 3.05) is 71.0 Å². The average molecular weight is 797 g/mol. The fraction of sp³-hybridized carbons (Fsp3) is 0.463. The number of rotatable bonds is 18. The number of hydrogen-bond acceptors (Lipinski definition) is 13. The zero-order valence-corrected chi connectivity index (χ0v) is 32.2. The smallest absolute Gasteiger partial charge is 0.270 e. The highest BCUT2D eigenvalue weighted by molar-refractivity contribution is 6.25. The molecule has 0 aliphatic carbocycles. The van der Waals surface area contributed by atoms with Crippen LogP contribution in [-0.4, -0.2) is 143 Å². The first kappa shape index (κ1) is 40.6. The van der Waals surface area contributed by atoms with Gasteiger partial charge in [-0.05, 0) is 54.5 Å². The number of likely N-dealkylation sites (tertiary alicyclic amines) is 1. The SMILES string of the molecule is O=C1CCC(N2C(=O)c3cccc(NCCOCCOCCC(=O)N4CC(Cc5cc(C(=O)NC[C@H](O)CN6CCc7ccccc7C6)ncn5)C4)c3C2=O)C(=O)N1. The number of aliphatic hydroxyl groups is 1. The molecule has 17 nitrogen and oxygen atoms in total. The predicted molar refractivity (Wildman–Crippen MR) is 207 cm³/mol. The Balaban J connectivity index is 0.732.